The number of ether oxygens (including phenoxy) is 1. The molecular formula is C13H19NO2. The molecular weight excluding hydrogens is 202 g/mol. The van der Waals surface area contributed by atoms with Crippen molar-refractivity contribution in [2.45, 2.75) is 39.0 Å². The van der Waals surface area contributed by atoms with Gasteiger partial charge in [0, 0.05) is 6.20 Å². The Bertz CT molecular complexity index is 313. The highest BCUT2D eigenvalue weighted by atomic mass is 16.5. The second-order valence-electron chi connectivity index (χ2n) is 3.78. The molecule has 0 aliphatic rings. The van der Waals surface area contributed by atoms with Crippen LogP contribution in [0.1, 0.15) is 49.4 Å². The van der Waals surface area contributed by atoms with E-state index >= 15 is 0 Å². The maximum Gasteiger partial charge on any atom is 0.224 e. The third kappa shape index (κ3) is 4.43. The lowest BCUT2D eigenvalue weighted by molar-refractivity contribution is 0.111. The Morgan fingerprint density at radius 3 is 2.88 bits per heavy atom. The van der Waals surface area contributed by atoms with Crippen LogP contribution in [-0.2, 0) is 0 Å². The first-order valence-corrected chi connectivity index (χ1v) is 5.91. The summed E-state index contributed by atoms with van der Waals surface area (Å²) in [5.41, 5.74) is 0.524. The average Bonchev–Trinajstić information content (AvgIpc) is 2.34. The monoisotopic (exact) mass is 221 g/mol. The number of aromatic nitrogens is 1. The highest BCUT2D eigenvalue weighted by Crippen LogP contribution is 2.12. The number of hydrogen-bond acceptors (Lipinski definition) is 3. The van der Waals surface area contributed by atoms with Crippen molar-refractivity contribution < 1.29 is 9.53 Å². The van der Waals surface area contributed by atoms with E-state index in [9.17, 15) is 4.79 Å². The Morgan fingerprint density at radius 2 is 2.12 bits per heavy atom. The number of carbonyl (C=O) groups excluding carboxylic acids is 1. The van der Waals surface area contributed by atoms with Gasteiger partial charge in [-0.15, -0.1) is 0 Å². The molecule has 16 heavy (non-hydrogen) atoms. The zero-order valence-electron chi connectivity index (χ0n) is 9.82. The molecule has 0 spiro atoms. The largest absolute Gasteiger partial charge is 0.477 e. The summed E-state index contributed by atoms with van der Waals surface area (Å²) in [6, 6.07) is 3.45. The Morgan fingerprint density at radius 1 is 1.31 bits per heavy atom. The lowest BCUT2D eigenvalue weighted by atomic mass is 10.2. The zero-order chi connectivity index (χ0) is 11.6. The van der Waals surface area contributed by atoms with E-state index in [2.05, 4.69) is 11.9 Å². The molecule has 0 bridgehead atoms. The number of aldehydes is 1. The molecule has 0 N–H and O–H groups in total. The Balaban J connectivity index is 2.23. The normalized spacial score (nSPS) is 10.1. The van der Waals surface area contributed by atoms with Gasteiger partial charge in [0.15, 0.2) is 6.29 Å². The zero-order valence-corrected chi connectivity index (χ0v) is 9.82. The highest BCUT2D eigenvalue weighted by Gasteiger charge is 2.02. The molecule has 0 fully saturated rings. The van der Waals surface area contributed by atoms with Crippen LogP contribution >= 0.6 is 0 Å². The van der Waals surface area contributed by atoms with Crippen LogP contribution in [0, 0.1) is 0 Å². The van der Waals surface area contributed by atoms with Crippen LogP contribution in [0.25, 0.3) is 0 Å². The molecule has 0 radical (unpaired) electrons. The van der Waals surface area contributed by atoms with E-state index in [1.54, 1.807) is 18.3 Å². The Labute approximate surface area is 96.8 Å². The van der Waals surface area contributed by atoms with Crippen molar-refractivity contribution in [3.05, 3.63) is 23.9 Å². The van der Waals surface area contributed by atoms with Gasteiger partial charge >= 0.3 is 0 Å². The smallest absolute Gasteiger partial charge is 0.224 e. The van der Waals surface area contributed by atoms with Gasteiger partial charge in [-0.2, -0.15) is 0 Å². The lowest BCUT2D eigenvalue weighted by Gasteiger charge is -2.06. The summed E-state index contributed by atoms with van der Waals surface area (Å²) in [7, 11) is 0. The molecule has 3 heteroatoms. The van der Waals surface area contributed by atoms with Crippen molar-refractivity contribution in [1.82, 2.24) is 4.98 Å². The highest BCUT2D eigenvalue weighted by molar-refractivity contribution is 5.77. The minimum absolute atomic E-state index is 0.452. The molecule has 1 rings (SSSR count). The van der Waals surface area contributed by atoms with Gasteiger partial charge in [-0.05, 0) is 18.6 Å². The van der Waals surface area contributed by atoms with Crippen molar-refractivity contribution in [3.63, 3.8) is 0 Å². The summed E-state index contributed by atoms with van der Waals surface area (Å²) in [4.78, 5) is 14.7. The third-order valence-corrected chi connectivity index (χ3v) is 2.41. The van der Waals surface area contributed by atoms with Crippen LogP contribution in [-0.4, -0.2) is 17.9 Å². The molecule has 0 aromatic carbocycles. The van der Waals surface area contributed by atoms with Crippen LogP contribution in [0.15, 0.2) is 18.3 Å². The molecule has 0 unspecified atom stereocenters. The summed E-state index contributed by atoms with van der Waals surface area (Å²) >= 11 is 0. The summed E-state index contributed by atoms with van der Waals surface area (Å²) in [5.74, 6) is 0.452. The van der Waals surface area contributed by atoms with Gasteiger partial charge in [-0.25, -0.2) is 4.98 Å². The Hall–Kier alpha value is -1.38. The summed E-state index contributed by atoms with van der Waals surface area (Å²) in [6.07, 6.45) is 8.40. The van der Waals surface area contributed by atoms with Crippen LogP contribution in [0.3, 0.4) is 0 Å². The number of nitrogens with zero attached hydrogens (tertiary/aromatic N) is 1. The molecule has 0 saturated carbocycles. The van der Waals surface area contributed by atoms with Crippen molar-refractivity contribution in [2.24, 2.45) is 0 Å². The number of hydrogen-bond donors (Lipinski definition) is 0. The van der Waals surface area contributed by atoms with Gasteiger partial charge in [0.05, 0.1) is 12.2 Å². The minimum atomic E-state index is 0.452. The average molecular weight is 221 g/mol. The lowest BCUT2D eigenvalue weighted by Crippen LogP contribution is -2.01. The predicted molar refractivity (Wildman–Crippen MR) is 63.9 cm³/mol. The fourth-order valence-electron chi connectivity index (χ4n) is 1.49. The second kappa shape index (κ2) is 7.85. The molecule has 3 nitrogen and oxygen atoms in total. The topological polar surface area (TPSA) is 39.2 Å². The summed E-state index contributed by atoms with van der Waals surface area (Å²) in [6.45, 7) is 2.84. The van der Waals surface area contributed by atoms with E-state index in [1.807, 2.05) is 0 Å². The van der Waals surface area contributed by atoms with Gasteiger partial charge < -0.3 is 4.74 Å². The molecule has 0 aliphatic carbocycles. The van der Waals surface area contributed by atoms with E-state index in [4.69, 9.17) is 4.74 Å². The first kappa shape index (κ1) is 12.7. The summed E-state index contributed by atoms with van der Waals surface area (Å²) < 4.78 is 5.47. The standard InChI is InChI=1S/C13H19NO2/c1-2-3-4-5-6-10-16-13-12(11-15)8-7-9-14-13/h7-9,11H,2-6,10H2,1H3. The maximum atomic E-state index is 10.7. The maximum absolute atomic E-state index is 10.7. The number of rotatable bonds is 8. The molecule has 1 aromatic rings. The third-order valence-electron chi connectivity index (χ3n) is 2.41. The van der Waals surface area contributed by atoms with Gasteiger partial charge in [-0.3, -0.25) is 4.79 Å². The van der Waals surface area contributed by atoms with E-state index in [1.165, 1.54) is 25.7 Å². The summed E-state index contributed by atoms with van der Waals surface area (Å²) in [5, 5.41) is 0. The van der Waals surface area contributed by atoms with E-state index in [0.717, 1.165) is 12.7 Å². The molecule has 0 aliphatic heterocycles. The van der Waals surface area contributed by atoms with Gasteiger partial charge in [0.25, 0.3) is 0 Å². The molecule has 0 amide bonds. The van der Waals surface area contributed by atoms with Crippen molar-refractivity contribution in [1.29, 1.82) is 0 Å². The van der Waals surface area contributed by atoms with E-state index in [-0.39, 0.29) is 0 Å². The first-order valence-electron chi connectivity index (χ1n) is 5.91. The molecule has 88 valence electrons. The molecule has 1 heterocycles. The molecule has 0 atom stereocenters. The Kier molecular flexibility index (Phi) is 6.23. The second-order valence-corrected chi connectivity index (χ2v) is 3.78. The minimum Gasteiger partial charge on any atom is -0.477 e. The van der Waals surface area contributed by atoms with Crippen molar-refractivity contribution >= 4 is 6.29 Å². The van der Waals surface area contributed by atoms with Crippen molar-refractivity contribution in [3.8, 4) is 5.88 Å². The predicted octanol–water partition coefficient (Wildman–Crippen LogP) is 3.24. The van der Waals surface area contributed by atoms with Gasteiger partial charge in [0.1, 0.15) is 0 Å². The fraction of sp³-hybridized carbons (Fsp3) is 0.538. The number of pyridine rings is 1. The van der Waals surface area contributed by atoms with Crippen LogP contribution in [0.2, 0.25) is 0 Å². The van der Waals surface area contributed by atoms with Crippen molar-refractivity contribution in [2.75, 3.05) is 6.61 Å². The first-order chi connectivity index (χ1) is 7.88. The van der Waals surface area contributed by atoms with Crippen LogP contribution in [0.5, 0.6) is 5.88 Å². The molecule has 0 saturated heterocycles. The van der Waals surface area contributed by atoms with Crippen LogP contribution in [0.4, 0.5) is 0 Å². The quantitative estimate of drug-likeness (QED) is 0.499. The van der Waals surface area contributed by atoms with E-state index < -0.39 is 0 Å². The fourth-order valence-corrected chi connectivity index (χ4v) is 1.49. The van der Waals surface area contributed by atoms with E-state index in [0.29, 0.717) is 18.1 Å². The number of carbonyl (C=O) groups is 1. The van der Waals surface area contributed by atoms with Gasteiger partial charge in [0.2, 0.25) is 5.88 Å². The molecule has 1 aromatic heterocycles. The van der Waals surface area contributed by atoms with Gasteiger partial charge in [-0.1, -0.05) is 32.6 Å². The van der Waals surface area contributed by atoms with Crippen LogP contribution < -0.4 is 4.74 Å². The number of unbranched alkanes of at least 4 members (excludes halogenated alkanes) is 4. The SMILES string of the molecule is CCCCCCCOc1ncccc1C=O.